The number of H-pyrrole nitrogens is 1. The Kier molecular flexibility index (Phi) is 6.05. The third kappa shape index (κ3) is 5.07. The maximum atomic E-state index is 11.8. The van der Waals surface area contributed by atoms with E-state index in [0.29, 0.717) is 13.0 Å². The number of nitrogens with one attached hydrogen (secondary N) is 2. The van der Waals surface area contributed by atoms with Crippen LogP contribution in [-0.2, 0) is 20.7 Å². The number of carbonyl (C=O) groups is 2. The van der Waals surface area contributed by atoms with Gasteiger partial charge < -0.3 is 15.0 Å². The summed E-state index contributed by atoms with van der Waals surface area (Å²) in [4.78, 5) is 26.8. The molecule has 1 aromatic heterocycles. The van der Waals surface area contributed by atoms with Crippen LogP contribution in [-0.4, -0.2) is 30.0 Å². The third-order valence-corrected chi connectivity index (χ3v) is 4.32. The van der Waals surface area contributed by atoms with Gasteiger partial charge in [-0.3, -0.25) is 4.79 Å². The predicted octanol–water partition coefficient (Wildman–Crippen LogP) is 3.39. The van der Waals surface area contributed by atoms with Crippen molar-refractivity contribution < 1.29 is 14.3 Å². The lowest BCUT2D eigenvalue weighted by Gasteiger charge is -2.05. The van der Waals surface area contributed by atoms with E-state index < -0.39 is 5.97 Å². The van der Waals surface area contributed by atoms with E-state index in [0.717, 1.165) is 27.6 Å². The fraction of sp³-hybridized carbons (Fsp3) is 0.182. The average molecular weight is 362 g/mol. The zero-order valence-corrected chi connectivity index (χ0v) is 15.2. The number of rotatable bonds is 7. The zero-order valence-electron chi connectivity index (χ0n) is 15.2. The van der Waals surface area contributed by atoms with Gasteiger partial charge in [0.15, 0.2) is 6.61 Å². The maximum Gasteiger partial charge on any atom is 0.331 e. The second kappa shape index (κ2) is 8.85. The van der Waals surface area contributed by atoms with E-state index in [1.165, 1.54) is 6.08 Å². The molecule has 2 aromatic carbocycles. The summed E-state index contributed by atoms with van der Waals surface area (Å²) in [5.74, 6) is -0.850. The number of carbonyl (C=O) groups excluding carboxylic acids is 2. The van der Waals surface area contributed by atoms with Crippen LogP contribution in [0.2, 0.25) is 0 Å². The van der Waals surface area contributed by atoms with Gasteiger partial charge in [0.25, 0.3) is 5.91 Å². The molecule has 0 aliphatic heterocycles. The van der Waals surface area contributed by atoms with Crippen molar-refractivity contribution in [3.63, 3.8) is 0 Å². The second-order valence-electron chi connectivity index (χ2n) is 6.26. The largest absolute Gasteiger partial charge is 0.452 e. The Morgan fingerprint density at radius 1 is 1.11 bits per heavy atom. The molecule has 0 spiro atoms. The molecule has 0 fully saturated rings. The Morgan fingerprint density at radius 3 is 2.74 bits per heavy atom. The number of aryl methyl sites for hydroxylation is 1. The van der Waals surface area contributed by atoms with Gasteiger partial charge in [-0.25, -0.2) is 4.79 Å². The molecule has 2 N–H and O–H groups in total. The van der Waals surface area contributed by atoms with Crippen LogP contribution in [0.1, 0.15) is 16.7 Å². The molecular formula is C22H22N2O3. The molecule has 0 saturated carbocycles. The van der Waals surface area contributed by atoms with Crippen molar-refractivity contribution >= 4 is 28.9 Å². The maximum absolute atomic E-state index is 11.8. The highest BCUT2D eigenvalue weighted by Gasteiger charge is 2.06. The molecule has 27 heavy (non-hydrogen) atoms. The lowest BCUT2D eigenvalue weighted by atomic mass is 10.1. The number of fused-ring (bicyclic) bond motifs is 1. The molecule has 0 saturated heterocycles. The van der Waals surface area contributed by atoms with Gasteiger partial charge in [0.2, 0.25) is 0 Å². The van der Waals surface area contributed by atoms with Crippen LogP contribution in [0.5, 0.6) is 0 Å². The lowest BCUT2D eigenvalue weighted by molar-refractivity contribution is -0.143. The van der Waals surface area contributed by atoms with E-state index in [1.54, 1.807) is 6.08 Å². The van der Waals surface area contributed by atoms with E-state index in [2.05, 4.69) is 10.3 Å². The summed E-state index contributed by atoms with van der Waals surface area (Å²) in [5.41, 5.74) is 4.23. The average Bonchev–Trinajstić information content (AvgIpc) is 3.09. The Hall–Kier alpha value is -3.34. The molecular weight excluding hydrogens is 340 g/mol. The summed E-state index contributed by atoms with van der Waals surface area (Å²) in [6, 6.07) is 15.7. The number of amides is 1. The summed E-state index contributed by atoms with van der Waals surface area (Å²) < 4.78 is 4.98. The summed E-state index contributed by atoms with van der Waals surface area (Å²) in [6.07, 6.45) is 5.68. The zero-order chi connectivity index (χ0) is 19.1. The SMILES string of the molecule is Cc1ccccc1/C=C/C(=O)OCC(=O)NCCc1c[nH]c2ccccc12. The molecule has 1 heterocycles. The van der Waals surface area contributed by atoms with E-state index in [4.69, 9.17) is 4.74 Å². The highest BCUT2D eigenvalue weighted by atomic mass is 16.5. The molecule has 0 bridgehead atoms. The van der Waals surface area contributed by atoms with Gasteiger partial charge in [-0.05, 0) is 42.2 Å². The van der Waals surface area contributed by atoms with Gasteiger partial charge in [-0.2, -0.15) is 0 Å². The molecule has 3 aromatic rings. The number of para-hydroxylation sites is 1. The van der Waals surface area contributed by atoms with Gasteiger partial charge in [0.1, 0.15) is 0 Å². The van der Waals surface area contributed by atoms with Crippen LogP contribution in [0.15, 0.2) is 60.8 Å². The smallest absolute Gasteiger partial charge is 0.331 e. The van der Waals surface area contributed by atoms with Crippen LogP contribution >= 0.6 is 0 Å². The molecule has 0 aliphatic carbocycles. The van der Waals surface area contributed by atoms with E-state index in [9.17, 15) is 9.59 Å². The Morgan fingerprint density at radius 2 is 1.89 bits per heavy atom. The van der Waals surface area contributed by atoms with Crippen LogP contribution in [0.4, 0.5) is 0 Å². The van der Waals surface area contributed by atoms with Crippen molar-refractivity contribution in [1.29, 1.82) is 0 Å². The number of ether oxygens (including phenoxy) is 1. The number of aromatic nitrogens is 1. The summed E-state index contributed by atoms with van der Waals surface area (Å²) in [6.45, 7) is 2.16. The molecule has 0 aliphatic rings. The molecule has 3 rings (SSSR count). The first-order valence-corrected chi connectivity index (χ1v) is 8.85. The van der Waals surface area contributed by atoms with Crippen LogP contribution in [0.3, 0.4) is 0 Å². The molecule has 1 amide bonds. The Bertz CT molecular complexity index is 972. The number of aromatic amines is 1. The van der Waals surface area contributed by atoms with Crippen molar-refractivity contribution in [3.8, 4) is 0 Å². The minimum absolute atomic E-state index is 0.287. The molecule has 138 valence electrons. The topological polar surface area (TPSA) is 71.2 Å². The summed E-state index contributed by atoms with van der Waals surface area (Å²) >= 11 is 0. The number of benzene rings is 2. The Balaban J connectivity index is 1.40. The number of esters is 1. The monoisotopic (exact) mass is 362 g/mol. The van der Waals surface area contributed by atoms with Crippen molar-refractivity contribution in [2.24, 2.45) is 0 Å². The van der Waals surface area contributed by atoms with Crippen molar-refractivity contribution in [3.05, 3.63) is 77.5 Å². The molecule has 5 heteroatoms. The highest BCUT2D eigenvalue weighted by Crippen LogP contribution is 2.17. The standard InChI is InChI=1S/C22H22N2O3/c1-16-6-2-3-7-17(16)10-11-22(26)27-15-21(25)23-13-12-18-14-24-20-9-5-4-8-19(18)20/h2-11,14,24H,12-13,15H2,1H3,(H,23,25)/b11-10+. The van der Waals surface area contributed by atoms with E-state index >= 15 is 0 Å². The van der Waals surface area contributed by atoms with E-state index in [-0.39, 0.29) is 12.5 Å². The number of hydrogen-bond acceptors (Lipinski definition) is 3. The molecule has 0 unspecified atom stereocenters. The van der Waals surface area contributed by atoms with Crippen LogP contribution < -0.4 is 5.32 Å². The van der Waals surface area contributed by atoms with E-state index in [1.807, 2.05) is 61.7 Å². The summed E-state index contributed by atoms with van der Waals surface area (Å²) in [5, 5.41) is 3.92. The Labute approximate surface area is 158 Å². The quantitative estimate of drug-likeness (QED) is 0.500. The van der Waals surface area contributed by atoms with Crippen LogP contribution in [0, 0.1) is 6.92 Å². The van der Waals surface area contributed by atoms with Gasteiger partial charge in [0, 0.05) is 29.7 Å². The lowest BCUT2D eigenvalue weighted by Crippen LogP contribution is -2.30. The minimum atomic E-state index is -0.537. The normalized spacial score (nSPS) is 11.0. The van der Waals surface area contributed by atoms with Crippen molar-refractivity contribution in [2.45, 2.75) is 13.3 Å². The minimum Gasteiger partial charge on any atom is -0.452 e. The first kappa shape index (κ1) is 18.5. The van der Waals surface area contributed by atoms with Crippen molar-refractivity contribution in [2.75, 3.05) is 13.2 Å². The first-order chi connectivity index (χ1) is 13.1. The van der Waals surface area contributed by atoms with Gasteiger partial charge >= 0.3 is 5.97 Å². The molecule has 0 atom stereocenters. The predicted molar refractivity (Wildman–Crippen MR) is 106 cm³/mol. The highest BCUT2D eigenvalue weighted by molar-refractivity contribution is 5.89. The fourth-order valence-corrected chi connectivity index (χ4v) is 2.84. The fourth-order valence-electron chi connectivity index (χ4n) is 2.84. The van der Waals surface area contributed by atoms with Crippen molar-refractivity contribution in [1.82, 2.24) is 10.3 Å². The number of hydrogen-bond donors (Lipinski definition) is 2. The van der Waals surface area contributed by atoms with Gasteiger partial charge in [0.05, 0.1) is 0 Å². The van der Waals surface area contributed by atoms with Gasteiger partial charge in [-0.15, -0.1) is 0 Å². The first-order valence-electron chi connectivity index (χ1n) is 8.85. The third-order valence-electron chi connectivity index (χ3n) is 4.32. The van der Waals surface area contributed by atoms with Crippen LogP contribution in [0.25, 0.3) is 17.0 Å². The van der Waals surface area contributed by atoms with Gasteiger partial charge in [-0.1, -0.05) is 42.5 Å². The molecule has 5 nitrogen and oxygen atoms in total. The summed E-state index contributed by atoms with van der Waals surface area (Å²) in [7, 11) is 0. The second-order valence-corrected chi connectivity index (χ2v) is 6.26. The molecule has 0 radical (unpaired) electrons.